The molecule has 0 aliphatic heterocycles. The van der Waals surface area contributed by atoms with E-state index in [1.807, 2.05) is 0 Å². The third kappa shape index (κ3) is 3.24. The van der Waals surface area contributed by atoms with E-state index in [-0.39, 0.29) is 16.5 Å². The van der Waals surface area contributed by atoms with Crippen molar-refractivity contribution in [1.82, 2.24) is 0 Å². The van der Waals surface area contributed by atoms with Gasteiger partial charge in [-0.25, -0.2) is 9.18 Å². The van der Waals surface area contributed by atoms with Gasteiger partial charge in [0.05, 0.1) is 18.8 Å². The Bertz CT molecular complexity index is 410. The molecule has 2 atom stereocenters. The van der Waals surface area contributed by atoms with Crippen molar-refractivity contribution in [2.45, 2.75) is 12.2 Å². The molecule has 2 N–H and O–H groups in total. The van der Waals surface area contributed by atoms with Gasteiger partial charge in [-0.05, 0) is 12.1 Å². The molecule has 0 radical (unpaired) electrons. The van der Waals surface area contributed by atoms with E-state index in [1.165, 1.54) is 19.2 Å². The van der Waals surface area contributed by atoms with Crippen LogP contribution in [0.4, 0.5) is 4.39 Å². The third-order valence-corrected chi connectivity index (χ3v) is 2.93. The summed E-state index contributed by atoms with van der Waals surface area (Å²) < 4.78 is 18.0. The van der Waals surface area contributed by atoms with Gasteiger partial charge in [0.25, 0.3) is 0 Å². The van der Waals surface area contributed by atoms with Crippen LogP contribution in [0.15, 0.2) is 18.2 Å². The van der Waals surface area contributed by atoms with Crippen LogP contribution in [-0.2, 0) is 4.74 Å². The number of rotatable bonds is 4. The van der Waals surface area contributed by atoms with Gasteiger partial charge in [-0.15, -0.1) is 0 Å². The zero-order valence-corrected chi connectivity index (χ0v) is 10.6. The van der Waals surface area contributed by atoms with Gasteiger partial charge >= 0.3 is 5.97 Å². The number of hydrogen-bond donors (Lipinski definition) is 2. The van der Waals surface area contributed by atoms with E-state index in [2.05, 4.69) is 20.7 Å². The third-order valence-electron chi connectivity index (χ3n) is 2.26. The quantitative estimate of drug-likeness (QED) is 0.652. The van der Waals surface area contributed by atoms with Gasteiger partial charge < -0.3 is 14.9 Å². The Hall–Kier alpha value is -0.980. The van der Waals surface area contributed by atoms with Crippen LogP contribution in [0, 0.1) is 5.82 Å². The molecule has 94 valence electrons. The Labute approximate surface area is 106 Å². The number of ether oxygens (including phenoxy) is 1. The first kappa shape index (κ1) is 14.1. The number of halogens is 2. The van der Waals surface area contributed by atoms with E-state index in [0.29, 0.717) is 0 Å². The van der Waals surface area contributed by atoms with Crippen LogP contribution in [0.3, 0.4) is 0 Å². The maximum Gasteiger partial charge on any atom is 0.337 e. The lowest BCUT2D eigenvalue weighted by atomic mass is 10.0. The second kappa shape index (κ2) is 6.09. The van der Waals surface area contributed by atoms with Crippen molar-refractivity contribution in [3.8, 4) is 0 Å². The number of methoxy groups -OCH3 is 1. The molecule has 0 amide bonds. The molecule has 0 fully saturated rings. The molecular weight excluding hydrogens is 295 g/mol. The monoisotopic (exact) mass is 306 g/mol. The first-order valence-electron chi connectivity index (χ1n) is 4.81. The van der Waals surface area contributed by atoms with Crippen LogP contribution in [0.1, 0.15) is 22.0 Å². The molecule has 2 unspecified atom stereocenters. The molecule has 0 aliphatic carbocycles. The summed E-state index contributed by atoms with van der Waals surface area (Å²) in [5, 5.41) is 19.1. The van der Waals surface area contributed by atoms with Crippen molar-refractivity contribution in [2.24, 2.45) is 0 Å². The van der Waals surface area contributed by atoms with Crippen molar-refractivity contribution >= 4 is 21.9 Å². The summed E-state index contributed by atoms with van der Waals surface area (Å²) in [6, 6.07) is 3.54. The lowest BCUT2D eigenvalue weighted by Crippen LogP contribution is -2.20. The highest BCUT2D eigenvalue weighted by Gasteiger charge is 2.21. The lowest BCUT2D eigenvalue weighted by molar-refractivity contribution is 0.0319. The summed E-state index contributed by atoms with van der Waals surface area (Å²) in [6.45, 7) is 0. The standard InChI is InChI=1S/C11H12BrFO4/c1-17-11(16)6-2-3-7(8(13)4-6)10(15)9(14)5-12/h2-4,9-10,14-15H,5H2,1H3. The number of benzene rings is 1. The van der Waals surface area contributed by atoms with E-state index in [4.69, 9.17) is 0 Å². The summed E-state index contributed by atoms with van der Waals surface area (Å²) in [6.07, 6.45) is -2.46. The Kier molecular flexibility index (Phi) is 5.04. The molecule has 1 aromatic carbocycles. The summed E-state index contributed by atoms with van der Waals surface area (Å²) >= 11 is 2.98. The highest BCUT2D eigenvalue weighted by molar-refractivity contribution is 9.09. The minimum atomic E-state index is -1.35. The number of hydrogen-bond acceptors (Lipinski definition) is 4. The van der Waals surface area contributed by atoms with E-state index >= 15 is 0 Å². The molecular formula is C11H12BrFO4. The first-order chi connectivity index (χ1) is 8.01. The molecule has 17 heavy (non-hydrogen) atoms. The van der Waals surface area contributed by atoms with Crippen LogP contribution in [0.2, 0.25) is 0 Å². The Morgan fingerprint density at radius 1 is 1.53 bits per heavy atom. The van der Waals surface area contributed by atoms with Crippen molar-refractivity contribution < 1.29 is 24.1 Å². The maximum absolute atomic E-state index is 13.6. The second-order valence-corrected chi connectivity index (χ2v) is 4.04. The molecule has 0 saturated carbocycles. The lowest BCUT2D eigenvalue weighted by Gasteiger charge is -2.16. The molecule has 0 spiro atoms. The van der Waals surface area contributed by atoms with Crippen molar-refractivity contribution in [2.75, 3.05) is 12.4 Å². The van der Waals surface area contributed by atoms with E-state index in [0.717, 1.165) is 6.07 Å². The maximum atomic E-state index is 13.6. The first-order valence-corrected chi connectivity index (χ1v) is 5.93. The van der Waals surface area contributed by atoms with Crippen LogP contribution >= 0.6 is 15.9 Å². The fourth-order valence-corrected chi connectivity index (χ4v) is 1.66. The largest absolute Gasteiger partial charge is 0.465 e. The molecule has 1 aromatic rings. The summed E-state index contributed by atoms with van der Waals surface area (Å²) in [5.74, 6) is -1.42. The zero-order chi connectivity index (χ0) is 13.0. The topological polar surface area (TPSA) is 66.8 Å². The number of aliphatic hydroxyl groups is 2. The molecule has 0 aliphatic rings. The van der Waals surface area contributed by atoms with E-state index < -0.39 is 24.0 Å². The minimum Gasteiger partial charge on any atom is -0.465 e. The average Bonchev–Trinajstić information content (AvgIpc) is 2.35. The van der Waals surface area contributed by atoms with Crippen LogP contribution in [-0.4, -0.2) is 34.7 Å². The number of aliphatic hydroxyl groups excluding tert-OH is 2. The predicted molar refractivity (Wildman–Crippen MR) is 62.5 cm³/mol. The Morgan fingerprint density at radius 2 is 2.18 bits per heavy atom. The summed E-state index contributed by atoms with van der Waals surface area (Å²) in [5.41, 5.74) is -0.0149. The SMILES string of the molecule is COC(=O)c1ccc(C(O)C(O)CBr)c(F)c1. The molecule has 1 rings (SSSR count). The average molecular weight is 307 g/mol. The van der Waals surface area contributed by atoms with Gasteiger partial charge in [0.1, 0.15) is 11.9 Å². The van der Waals surface area contributed by atoms with Crippen LogP contribution < -0.4 is 0 Å². The highest BCUT2D eigenvalue weighted by atomic mass is 79.9. The van der Waals surface area contributed by atoms with Crippen molar-refractivity contribution in [3.63, 3.8) is 0 Å². The van der Waals surface area contributed by atoms with Crippen LogP contribution in [0.5, 0.6) is 0 Å². The summed E-state index contributed by atoms with van der Waals surface area (Å²) in [4.78, 5) is 11.1. The van der Waals surface area contributed by atoms with E-state index in [9.17, 15) is 19.4 Å². The van der Waals surface area contributed by atoms with Crippen LogP contribution in [0.25, 0.3) is 0 Å². The van der Waals surface area contributed by atoms with Crippen molar-refractivity contribution in [3.05, 3.63) is 35.1 Å². The van der Waals surface area contributed by atoms with Gasteiger partial charge in [0.15, 0.2) is 0 Å². The molecule has 0 bridgehead atoms. The fourth-order valence-electron chi connectivity index (χ4n) is 1.30. The number of carbonyl (C=O) groups is 1. The minimum absolute atomic E-state index is 0.0503. The summed E-state index contributed by atoms with van der Waals surface area (Å²) in [7, 11) is 1.19. The van der Waals surface area contributed by atoms with Gasteiger partial charge in [0, 0.05) is 10.9 Å². The second-order valence-electron chi connectivity index (χ2n) is 3.39. The van der Waals surface area contributed by atoms with Gasteiger partial charge in [-0.3, -0.25) is 0 Å². The number of alkyl halides is 1. The number of carbonyl (C=O) groups excluding carboxylic acids is 1. The highest BCUT2D eigenvalue weighted by Crippen LogP contribution is 2.22. The van der Waals surface area contributed by atoms with E-state index in [1.54, 1.807) is 0 Å². The molecule has 0 heterocycles. The zero-order valence-electron chi connectivity index (χ0n) is 9.06. The fraction of sp³-hybridized carbons (Fsp3) is 0.364. The normalized spacial score (nSPS) is 14.2. The van der Waals surface area contributed by atoms with Gasteiger partial charge in [0.2, 0.25) is 0 Å². The Balaban J connectivity index is 3.01. The molecule has 0 aromatic heterocycles. The van der Waals surface area contributed by atoms with Gasteiger partial charge in [-0.1, -0.05) is 22.0 Å². The molecule has 6 heteroatoms. The van der Waals surface area contributed by atoms with Gasteiger partial charge in [-0.2, -0.15) is 0 Å². The predicted octanol–water partition coefficient (Wildman–Crippen LogP) is 1.40. The molecule has 0 saturated heterocycles. The number of esters is 1. The molecule has 4 nitrogen and oxygen atoms in total. The van der Waals surface area contributed by atoms with Crippen molar-refractivity contribution in [1.29, 1.82) is 0 Å². The smallest absolute Gasteiger partial charge is 0.337 e. The Morgan fingerprint density at radius 3 is 2.65 bits per heavy atom.